The van der Waals surface area contributed by atoms with Crippen molar-refractivity contribution in [1.82, 2.24) is 0 Å². The van der Waals surface area contributed by atoms with E-state index in [2.05, 4.69) is 39.7 Å². The van der Waals surface area contributed by atoms with Crippen molar-refractivity contribution < 1.29 is 5.11 Å². The quantitative estimate of drug-likeness (QED) is 0.538. The summed E-state index contributed by atoms with van der Waals surface area (Å²) in [7, 11) is 0. The van der Waals surface area contributed by atoms with Crippen LogP contribution < -0.4 is 0 Å². The normalized spacial score (nSPS) is 15.0. The minimum absolute atomic E-state index is 0.627. The van der Waals surface area contributed by atoms with E-state index in [1.165, 1.54) is 16.7 Å². The standard InChI is InChI=1S/C16H26O/c1-7-16(6,17)12-8-9-14(4)10-11-15(5)13(2)3/h1,9,17H,8,10-12H2,2-6H3. The molecule has 1 atom stereocenters. The predicted molar refractivity (Wildman–Crippen MR) is 75.7 cm³/mol. The Balaban J connectivity index is 4.05. The van der Waals surface area contributed by atoms with Crippen LogP contribution in [0.4, 0.5) is 0 Å². The molecule has 0 aromatic rings. The van der Waals surface area contributed by atoms with Crippen molar-refractivity contribution in [3.05, 3.63) is 22.8 Å². The Labute approximate surface area is 107 Å². The zero-order valence-corrected chi connectivity index (χ0v) is 11.9. The summed E-state index contributed by atoms with van der Waals surface area (Å²) in [5, 5.41) is 9.65. The van der Waals surface area contributed by atoms with Gasteiger partial charge < -0.3 is 5.11 Å². The lowest BCUT2D eigenvalue weighted by molar-refractivity contribution is 0.113. The van der Waals surface area contributed by atoms with Crippen LogP contribution in [0.25, 0.3) is 0 Å². The molecule has 0 aliphatic rings. The van der Waals surface area contributed by atoms with Crippen molar-refractivity contribution >= 4 is 0 Å². The molecular formula is C16H26O. The minimum atomic E-state index is -0.966. The van der Waals surface area contributed by atoms with Crippen molar-refractivity contribution in [2.45, 2.75) is 65.9 Å². The monoisotopic (exact) mass is 234 g/mol. The van der Waals surface area contributed by atoms with Gasteiger partial charge in [-0.2, -0.15) is 0 Å². The number of hydrogen-bond donors (Lipinski definition) is 1. The van der Waals surface area contributed by atoms with Gasteiger partial charge in [-0.25, -0.2) is 0 Å². The molecule has 0 amide bonds. The van der Waals surface area contributed by atoms with Gasteiger partial charge in [0.05, 0.1) is 0 Å². The Morgan fingerprint density at radius 2 is 1.82 bits per heavy atom. The van der Waals surface area contributed by atoms with E-state index in [0.29, 0.717) is 6.42 Å². The first-order valence-electron chi connectivity index (χ1n) is 6.27. The van der Waals surface area contributed by atoms with Gasteiger partial charge in [-0.05, 0) is 60.3 Å². The van der Waals surface area contributed by atoms with E-state index in [1.54, 1.807) is 6.92 Å². The minimum Gasteiger partial charge on any atom is -0.378 e. The second kappa shape index (κ2) is 7.35. The average molecular weight is 234 g/mol. The second-order valence-electron chi connectivity index (χ2n) is 5.29. The molecule has 1 nitrogen and oxygen atoms in total. The largest absolute Gasteiger partial charge is 0.378 e. The summed E-state index contributed by atoms with van der Waals surface area (Å²) in [6, 6.07) is 0. The van der Waals surface area contributed by atoms with E-state index in [4.69, 9.17) is 6.42 Å². The van der Waals surface area contributed by atoms with Crippen molar-refractivity contribution in [1.29, 1.82) is 0 Å². The Hall–Kier alpha value is -1.00. The molecule has 0 aliphatic carbocycles. The Kier molecular flexibility index (Phi) is 6.92. The predicted octanol–water partition coefficient (Wildman–Crippen LogP) is 4.23. The van der Waals surface area contributed by atoms with Crippen molar-refractivity contribution in [2.24, 2.45) is 0 Å². The van der Waals surface area contributed by atoms with Crippen molar-refractivity contribution in [3.63, 3.8) is 0 Å². The summed E-state index contributed by atoms with van der Waals surface area (Å²) in [6.07, 6.45) is 11.1. The lowest BCUT2D eigenvalue weighted by Crippen LogP contribution is -2.20. The molecular weight excluding hydrogens is 208 g/mol. The van der Waals surface area contributed by atoms with Gasteiger partial charge in [-0.3, -0.25) is 0 Å². The summed E-state index contributed by atoms with van der Waals surface area (Å²) in [6.45, 7) is 10.3. The van der Waals surface area contributed by atoms with Crippen molar-refractivity contribution in [2.75, 3.05) is 0 Å². The molecule has 96 valence electrons. The fourth-order valence-corrected chi connectivity index (χ4v) is 1.41. The van der Waals surface area contributed by atoms with Crippen LogP contribution in [0.1, 0.15) is 60.3 Å². The molecule has 0 aromatic heterocycles. The van der Waals surface area contributed by atoms with E-state index in [9.17, 15) is 5.11 Å². The highest BCUT2D eigenvalue weighted by Crippen LogP contribution is 2.16. The third kappa shape index (κ3) is 7.82. The number of rotatable bonds is 6. The maximum Gasteiger partial charge on any atom is 0.122 e. The van der Waals surface area contributed by atoms with E-state index in [1.807, 2.05) is 0 Å². The van der Waals surface area contributed by atoms with Gasteiger partial charge in [-0.1, -0.05) is 28.7 Å². The molecule has 0 aliphatic heterocycles. The van der Waals surface area contributed by atoms with Gasteiger partial charge in [0.2, 0.25) is 0 Å². The molecule has 1 unspecified atom stereocenters. The number of hydrogen-bond acceptors (Lipinski definition) is 1. The van der Waals surface area contributed by atoms with Gasteiger partial charge in [0, 0.05) is 0 Å². The Bertz CT molecular complexity index is 333. The highest BCUT2D eigenvalue weighted by molar-refractivity contribution is 5.11. The molecule has 0 heterocycles. The SMILES string of the molecule is C#CC(C)(O)CCC=C(C)CCC(C)=C(C)C. The summed E-state index contributed by atoms with van der Waals surface area (Å²) in [4.78, 5) is 0. The third-order valence-corrected chi connectivity index (χ3v) is 3.18. The van der Waals surface area contributed by atoms with Gasteiger partial charge in [0.1, 0.15) is 5.60 Å². The fraction of sp³-hybridized carbons (Fsp3) is 0.625. The first kappa shape index (κ1) is 16.0. The molecule has 0 saturated carbocycles. The lowest BCUT2D eigenvalue weighted by atomic mass is 9.98. The molecule has 1 N–H and O–H groups in total. The summed E-state index contributed by atoms with van der Waals surface area (Å²) in [5.74, 6) is 2.40. The van der Waals surface area contributed by atoms with Gasteiger partial charge >= 0.3 is 0 Å². The van der Waals surface area contributed by atoms with E-state index < -0.39 is 5.60 Å². The Morgan fingerprint density at radius 1 is 1.24 bits per heavy atom. The van der Waals surface area contributed by atoms with Crippen LogP contribution in [0.2, 0.25) is 0 Å². The van der Waals surface area contributed by atoms with Crippen LogP contribution in [-0.2, 0) is 0 Å². The Morgan fingerprint density at radius 3 is 2.29 bits per heavy atom. The molecule has 0 aromatic carbocycles. The van der Waals surface area contributed by atoms with Crippen LogP contribution in [-0.4, -0.2) is 10.7 Å². The van der Waals surface area contributed by atoms with Gasteiger partial charge in [0.25, 0.3) is 0 Å². The van der Waals surface area contributed by atoms with Crippen LogP contribution >= 0.6 is 0 Å². The zero-order chi connectivity index (χ0) is 13.5. The fourth-order valence-electron chi connectivity index (χ4n) is 1.41. The molecule has 17 heavy (non-hydrogen) atoms. The maximum atomic E-state index is 9.65. The highest BCUT2D eigenvalue weighted by Gasteiger charge is 2.14. The number of terminal acetylenes is 1. The first-order chi connectivity index (χ1) is 7.78. The number of allylic oxidation sites excluding steroid dienone is 4. The third-order valence-electron chi connectivity index (χ3n) is 3.18. The van der Waals surface area contributed by atoms with Crippen LogP contribution in [0, 0.1) is 12.3 Å². The summed E-state index contributed by atoms with van der Waals surface area (Å²) >= 11 is 0. The van der Waals surface area contributed by atoms with Crippen LogP contribution in [0.3, 0.4) is 0 Å². The lowest BCUT2D eigenvalue weighted by Gasteiger charge is -2.14. The van der Waals surface area contributed by atoms with E-state index >= 15 is 0 Å². The van der Waals surface area contributed by atoms with Gasteiger partial charge in [-0.15, -0.1) is 6.42 Å². The second-order valence-corrected chi connectivity index (χ2v) is 5.29. The first-order valence-corrected chi connectivity index (χ1v) is 6.27. The summed E-state index contributed by atoms with van der Waals surface area (Å²) in [5.41, 5.74) is 3.28. The molecule has 0 saturated heterocycles. The van der Waals surface area contributed by atoms with E-state index in [-0.39, 0.29) is 0 Å². The van der Waals surface area contributed by atoms with Crippen LogP contribution in [0.15, 0.2) is 22.8 Å². The average Bonchev–Trinajstić information content (AvgIpc) is 2.25. The molecule has 0 bridgehead atoms. The van der Waals surface area contributed by atoms with E-state index in [0.717, 1.165) is 19.3 Å². The smallest absolute Gasteiger partial charge is 0.122 e. The van der Waals surface area contributed by atoms with Gasteiger partial charge in [0.15, 0.2) is 0 Å². The van der Waals surface area contributed by atoms with Crippen molar-refractivity contribution in [3.8, 4) is 12.3 Å². The molecule has 0 rings (SSSR count). The maximum absolute atomic E-state index is 9.65. The number of aliphatic hydroxyl groups is 1. The highest BCUT2D eigenvalue weighted by atomic mass is 16.3. The topological polar surface area (TPSA) is 20.2 Å². The molecule has 0 spiro atoms. The molecule has 0 fully saturated rings. The van der Waals surface area contributed by atoms with Crippen LogP contribution in [0.5, 0.6) is 0 Å². The zero-order valence-electron chi connectivity index (χ0n) is 11.9. The summed E-state index contributed by atoms with van der Waals surface area (Å²) < 4.78 is 0. The molecule has 1 heteroatoms. The molecule has 0 radical (unpaired) electrons.